The lowest BCUT2D eigenvalue weighted by Gasteiger charge is -2.19. The standard InChI is InChI=1S/C22H24N2O/c1-5-20(17(4)23-21(25)19-11-7-9-16(19)3)24-22(12-13-22)18-10-6-8-15(2)14-18/h5-6,8-14,17H,1,7H2,2-4H3,(H,23,25)/t17-/m1/s1. The number of hydrogen-bond acceptors (Lipinski definition) is 2. The highest BCUT2D eigenvalue weighted by molar-refractivity contribution is 6.05. The normalized spacial score (nSPS) is 19.1. The van der Waals surface area contributed by atoms with Crippen LogP contribution in [0.4, 0.5) is 0 Å². The zero-order valence-electron chi connectivity index (χ0n) is 15.0. The molecular weight excluding hydrogens is 308 g/mol. The quantitative estimate of drug-likeness (QED) is 0.616. The number of hydrogen-bond donors (Lipinski definition) is 1. The molecule has 2 aliphatic rings. The van der Waals surface area contributed by atoms with E-state index in [1.54, 1.807) is 6.08 Å². The van der Waals surface area contributed by atoms with Gasteiger partial charge in [0.25, 0.3) is 5.91 Å². The third kappa shape index (κ3) is 3.55. The lowest BCUT2D eigenvalue weighted by atomic mass is 10.0. The Morgan fingerprint density at radius 1 is 1.32 bits per heavy atom. The zero-order chi connectivity index (χ0) is 18.0. The molecule has 0 aromatic heterocycles. The van der Waals surface area contributed by atoms with Crippen LogP contribution in [0.5, 0.6) is 0 Å². The van der Waals surface area contributed by atoms with E-state index >= 15 is 0 Å². The van der Waals surface area contributed by atoms with E-state index in [2.05, 4.69) is 55.2 Å². The first-order valence-corrected chi connectivity index (χ1v) is 8.63. The van der Waals surface area contributed by atoms with Crippen molar-refractivity contribution in [3.8, 4) is 0 Å². The molecule has 1 N–H and O–H groups in total. The average molecular weight is 332 g/mol. The molecule has 0 saturated carbocycles. The minimum absolute atomic E-state index is 0.0540. The van der Waals surface area contributed by atoms with E-state index in [1.165, 1.54) is 5.56 Å². The van der Waals surface area contributed by atoms with Crippen molar-refractivity contribution >= 4 is 11.6 Å². The molecule has 0 saturated heterocycles. The van der Waals surface area contributed by atoms with Crippen LogP contribution in [0.3, 0.4) is 0 Å². The summed E-state index contributed by atoms with van der Waals surface area (Å²) in [5.74, 6) is -0.0540. The molecule has 3 heteroatoms. The van der Waals surface area contributed by atoms with Crippen LogP contribution in [0.2, 0.25) is 0 Å². The van der Waals surface area contributed by atoms with Gasteiger partial charge in [-0.15, -0.1) is 0 Å². The highest BCUT2D eigenvalue weighted by atomic mass is 16.1. The number of nitrogens with zero attached hydrogens (tertiary/aromatic N) is 1. The zero-order valence-corrected chi connectivity index (χ0v) is 15.0. The van der Waals surface area contributed by atoms with Crippen LogP contribution in [0.15, 0.2) is 77.4 Å². The second kappa shape index (κ2) is 6.67. The van der Waals surface area contributed by atoms with Gasteiger partial charge in [-0.05, 0) is 56.6 Å². The minimum Gasteiger partial charge on any atom is -0.344 e. The molecule has 0 unspecified atom stereocenters. The van der Waals surface area contributed by atoms with Crippen molar-refractivity contribution in [2.45, 2.75) is 38.8 Å². The molecule has 1 aromatic carbocycles. The number of carbonyl (C=O) groups excluding carboxylic acids is 1. The minimum atomic E-state index is -0.392. The Morgan fingerprint density at radius 3 is 2.64 bits per heavy atom. The van der Waals surface area contributed by atoms with Gasteiger partial charge in [-0.3, -0.25) is 9.79 Å². The summed E-state index contributed by atoms with van der Waals surface area (Å²) < 4.78 is 0. The number of carbonyl (C=O) groups is 1. The van der Waals surface area contributed by atoms with Crippen molar-refractivity contribution < 1.29 is 4.79 Å². The van der Waals surface area contributed by atoms with Crippen LogP contribution in [-0.2, 0) is 10.3 Å². The van der Waals surface area contributed by atoms with E-state index in [-0.39, 0.29) is 11.9 Å². The molecule has 0 radical (unpaired) electrons. The maximum Gasteiger partial charge on any atom is 0.251 e. The van der Waals surface area contributed by atoms with Crippen molar-refractivity contribution in [3.63, 3.8) is 0 Å². The third-order valence-electron chi connectivity index (χ3n) is 4.69. The van der Waals surface area contributed by atoms with Crippen molar-refractivity contribution in [2.75, 3.05) is 0 Å². The summed E-state index contributed by atoms with van der Waals surface area (Å²) in [5, 5.41) is 3.04. The molecule has 0 heterocycles. The van der Waals surface area contributed by atoms with Gasteiger partial charge in [0.15, 0.2) is 0 Å². The number of rotatable bonds is 6. The van der Waals surface area contributed by atoms with Gasteiger partial charge in [-0.25, -0.2) is 0 Å². The van der Waals surface area contributed by atoms with Gasteiger partial charge in [0.2, 0.25) is 0 Å². The van der Waals surface area contributed by atoms with Crippen LogP contribution in [0.25, 0.3) is 0 Å². The molecule has 3 rings (SSSR count). The van der Waals surface area contributed by atoms with Crippen molar-refractivity contribution in [2.24, 2.45) is 4.99 Å². The molecule has 1 atom stereocenters. The van der Waals surface area contributed by atoms with Crippen LogP contribution < -0.4 is 5.32 Å². The summed E-state index contributed by atoms with van der Waals surface area (Å²) in [6.07, 6.45) is 10.7. The molecule has 0 bridgehead atoms. The highest BCUT2D eigenvalue weighted by Crippen LogP contribution is 2.40. The second-order valence-corrected chi connectivity index (χ2v) is 6.70. The first-order chi connectivity index (χ1) is 11.9. The molecule has 0 fully saturated rings. The van der Waals surface area contributed by atoms with Crippen molar-refractivity contribution in [3.05, 3.63) is 83.5 Å². The van der Waals surface area contributed by atoms with Gasteiger partial charge >= 0.3 is 0 Å². The van der Waals surface area contributed by atoms with Crippen LogP contribution in [0.1, 0.15) is 31.4 Å². The number of aliphatic imine (C=N–C) groups is 1. The molecule has 0 spiro atoms. The van der Waals surface area contributed by atoms with E-state index < -0.39 is 5.54 Å². The van der Waals surface area contributed by atoms with Gasteiger partial charge in [0.05, 0.1) is 11.8 Å². The molecule has 1 aromatic rings. The fourth-order valence-electron chi connectivity index (χ4n) is 3.08. The van der Waals surface area contributed by atoms with E-state index in [0.29, 0.717) is 0 Å². The predicted molar refractivity (Wildman–Crippen MR) is 104 cm³/mol. The first kappa shape index (κ1) is 17.2. The summed E-state index contributed by atoms with van der Waals surface area (Å²) in [6, 6.07) is 8.14. The SMILES string of the molecule is C=CC(=NC1(c2cccc(C)c2)C=C1)[C@@H](C)NC(=O)C1=CCC=C1C. The fraction of sp³-hybridized carbons (Fsp3) is 0.273. The predicted octanol–water partition coefficient (Wildman–Crippen LogP) is 4.17. The number of nitrogens with one attached hydrogen (secondary N) is 1. The molecular formula is C22H24N2O. The Balaban J connectivity index is 1.77. The average Bonchev–Trinajstić information content (AvgIpc) is 3.25. The molecule has 128 valence electrons. The van der Waals surface area contributed by atoms with Gasteiger partial charge < -0.3 is 5.32 Å². The first-order valence-electron chi connectivity index (χ1n) is 8.63. The fourth-order valence-corrected chi connectivity index (χ4v) is 3.08. The maximum atomic E-state index is 12.5. The molecule has 0 aliphatic heterocycles. The Morgan fingerprint density at radius 2 is 2.08 bits per heavy atom. The van der Waals surface area contributed by atoms with Crippen LogP contribution >= 0.6 is 0 Å². The monoisotopic (exact) mass is 332 g/mol. The number of aryl methyl sites for hydroxylation is 1. The third-order valence-corrected chi connectivity index (χ3v) is 4.69. The van der Waals surface area contributed by atoms with Crippen molar-refractivity contribution in [1.82, 2.24) is 5.32 Å². The summed E-state index contributed by atoms with van der Waals surface area (Å²) in [6.45, 7) is 9.87. The van der Waals surface area contributed by atoms with E-state index in [0.717, 1.165) is 28.8 Å². The Labute approximate surface area is 149 Å². The molecule has 25 heavy (non-hydrogen) atoms. The topological polar surface area (TPSA) is 41.5 Å². The lowest BCUT2D eigenvalue weighted by Crippen LogP contribution is -2.39. The van der Waals surface area contributed by atoms with Gasteiger partial charge in [0, 0.05) is 5.57 Å². The highest BCUT2D eigenvalue weighted by Gasteiger charge is 2.36. The van der Waals surface area contributed by atoms with Gasteiger partial charge in [-0.2, -0.15) is 0 Å². The largest absolute Gasteiger partial charge is 0.344 e. The summed E-state index contributed by atoms with van der Waals surface area (Å²) in [7, 11) is 0. The maximum absolute atomic E-state index is 12.5. The Kier molecular flexibility index (Phi) is 4.58. The number of amides is 1. The van der Waals surface area contributed by atoms with E-state index in [1.807, 2.05) is 26.0 Å². The Hall–Kier alpha value is -2.68. The number of benzene rings is 1. The molecule has 3 nitrogen and oxygen atoms in total. The molecule has 1 amide bonds. The van der Waals surface area contributed by atoms with E-state index in [4.69, 9.17) is 4.99 Å². The van der Waals surface area contributed by atoms with E-state index in [9.17, 15) is 4.79 Å². The molecule has 2 aliphatic carbocycles. The number of allylic oxidation sites excluding steroid dienone is 2. The smallest absolute Gasteiger partial charge is 0.251 e. The summed E-state index contributed by atoms with van der Waals surface area (Å²) >= 11 is 0. The van der Waals surface area contributed by atoms with Crippen LogP contribution in [0, 0.1) is 6.92 Å². The second-order valence-electron chi connectivity index (χ2n) is 6.70. The van der Waals surface area contributed by atoms with Gasteiger partial charge in [-0.1, -0.05) is 48.6 Å². The van der Waals surface area contributed by atoms with Crippen molar-refractivity contribution in [1.29, 1.82) is 0 Å². The summed E-state index contributed by atoms with van der Waals surface area (Å²) in [5.41, 5.74) is 4.52. The summed E-state index contributed by atoms with van der Waals surface area (Å²) in [4.78, 5) is 17.3. The van der Waals surface area contributed by atoms with Crippen LogP contribution in [-0.4, -0.2) is 17.7 Å². The lowest BCUT2D eigenvalue weighted by molar-refractivity contribution is -0.117. The Bertz CT molecular complexity index is 833. The van der Waals surface area contributed by atoms with Gasteiger partial charge in [0.1, 0.15) is 5.54 Å².